The van der Waals surface area contributed by atoms with Crippen LogP contribution in [0.3, 0.4) is 0 Å². The Morgan fingerprint density at radius 2 is 1.30 bits per heavy atom. The van der Waals surface area contributed by atoms with E-state index >= 15 is 0 Å². The molecule has 0 aromatic carbocycles. The van der Waals surface area contributed by atoms with Gasteiger partial charge < -0.3 is 11.5 Å². The molecule has 0 saturated heterocycles. The van der Waals surface area contributed by atoms with Crippen LogP contribution in [0.25, 0.3) is 0 Å². The number of hydrogen-bond donors (Lipinski definition) is 2. The van der Waals surface area contributed by atoms with Crippen LogP contribution in [0.2, 0.25) is 0 Å². The summed E-state index contributed by atoms with van der Waals surface area (Å²) in [5.74, 6) is 1.54. The second-order valence-corrected chi connectivity index (χ2v) is 3.49. The maximum Gasteiger partial charge on any atom is 0.0223 e. The zero-order valence-corrected chi connectivity index (χ0v) is 8.17. The molecule has 0 amide bonds. The fourth-order valence-corrected chi connectivity index (χ4v) is 2.38. The molecule has 2 saturated carbocycles. The molecule has 2 bridgehead atoms. The van der Waals surface area contributed by atoms with Crippen LogP contribution in [0.5, 0.6) is 0 Å². The van der Waals surface area contributed by atoms with Crippen molar-refractivity contribution >= 4 is 0 Å². The molecule has 2 aliphatic carbocycles. The third-order valence-electron chi connectivity index (χ3n) is 3.05. The zero-order valence-electron chi connectivity index (χ0n) is 5.90. The van der Waals surface area contributed by atoms with Gasteiger partial charge in [0.1, 0.15) is 0 Å². The van der Waals surface area contributed by atoms with Crippen LogP contribution in [0.15, 0.2) is 0 Å². The summed E-state index contributed by atoms with van der Waals surface area (Å²) in [5.41, 5.74) is 11.7. The van der Waals surface area contributed by atoms with Crippen molar-refractivity contribution in [1.29, 1.82) is 0 Å². The van der Waals surface area contributed by atoms with Crippen molar-refractivity contribution in [1.82, 2.24) is 0 Å². The predicted molar refractivity (Wildman–Crippen MR) is 36.8 cm³/mol. The van der Waals surface area contributed by atoms with Crippen LogP contribution in [0, 0.1) is 11.8 Å². The molecule has 3 heteroatoms. The molecule has 62 valence electrons. The molecule has 4 N–H and O–H groups in total. The molecule has 4 atom stereocenters. The molecule has 0 spiro atoms. The van der Waals surface area contributed by atoms with Crippen LogP contribution in [-0.4, -0.2) is 12.1 Å². The number of hydrogen-bond acceptors (Lipinski definition) is 2. The molecule has 0 aliphatic heterocycles. The molecule has 0 aromatic rings. The standard InChI is InChI=1S/C7H14N2.Pt/c8-6-4-1-2-5(3-4)7(6)9;/h4-7H,1-3,8-9H2;. The summed E-state index contributed by atoms with van der Waals surface area (Å²) in [5, 5.41) is 0. The van der Waals surface area contributed by atoms with Crippen molar-refractivity contribution in [2.45, 2.75) is 31.3 Å². The van der Waals surface area contributed by atoms with Crippen molar-refractivity contribution in [3.63, 3.8) is 0 Å². The largest absolute Gasteiger partial charge is 0.326 e. The molecular weight excluding hydrogens is 307 g/mol. The summed E-state index contributed by atoms with van der Waals surface area (Å²) < 4.78 is 0. The predicted octanol–water partition coefficient (Wildman–Crippen LogP) is 0.0684. The maximum atomic E-state index is 5.84. The van der Waals surface area contributed by atoms with Gasteiger partial charge in [-0.15, -0.1) is 0 Å². The molecule has 2 nitrogen and oxygen atoms in total. The van der Waals surface area contributed by atoms with Crippen molar-refractivity contribution in [2.75, 3.05) is 0 Å². The Morgan fingerprint density at radius 3 is 1.50 bits per heavy atom. The third-order valence-corrected chi connectivity index (χ3v) is 3.05. The Kier molecular flexibility index (Phi) is 2.54. The van der Waals surface area contributed by atoms with E-state index in [-0.39, 0.29) is 21.1 Å². The Hall–Kier alpha value is 0.608. The first kappa shape index (κ1) is 8.70. The number of nitrogens with two attached hydrogens (primary N) is 2. The van der Waals surface area contributed by atoms with Crippen molar-refractivity contribution in [2.24, 2.45) is 23.3 Å². The summed E-state index contributed by atoms with van der Waals surface area (Å²) in [6.07, 6.45) is 3.97. The summed E-state index contributed by atoms with van der Waals surface area (Å²) in [6, 6.07) is 0.646. The van der Waals surface area contributed by atoms with E-state index in [1.807, 2.05) is 0 Å². The van der Waals surface area contributed by atoms with Gasteiger partial charge in [-0.05, 0) is 31.1 Å². The quantitative estimate of drug-likeness (QED) is 0.663. The van der Waals surface area contributed by atoms with Crippen molar-refractivity contribution in [3.05, 3.63) is 0 Å². The molecule has 2 aliphatic rings. The van der Waals surface area contributed by atoms with Gasteiger partial charge in [-0.3, -0.25) is 0 Å². The average Bonchev–Trinajstić information content (AvgIpc) is 2.37. The first-order valence-electron chi connectivity index (χ1n) is 3.80. The smallest absolute Gasteiger partial charge is 0.0223 e. The van der Waals surface area contributed by atoms with Gasteiger partial charge in [-0.2, -0.15) is 0 Å². The van der Waals surface area contributed by atoms with Crippen LogP contribution in [0.1, 0.15) is 19.3 Å². The summed E-state index contributed by atoms with van der Waals surface area (Å²) in [4.78, 5) is 0. The molecule has 4 unspecified atom stereocenters. The van der Waals surface area contributed by atoms with Gasteiger partial charge in [0.05, 0.1) is 0 Å². The van der Waals surface area contributed by atoms with Gasteiger partial charge in [-0.1, -0.05) is 0 Å². The van der Waals surface area contributed by atoms with Gasteiger partial charge >= 0.3 is 0 Å². The van der Waals surface area contributed by atoms with Crippen molar-refractivity contribution < 1.29 is 21.1 Å². The van der Waals surface area contributed by atoms with E-state index in [9.17, 15) is 0 Å². The van der Waals surface area contributed by atoms with E-state index in [0.29, 0.717) is 12.1 Å². The average molecular weight is 321 g/mol. The van der Waals surface area contributed by atoms with Gasteiger partial charge in [-0.25, -0.2) is 0 Å². The van der Waals surface area contributed by atoms with Crippen LogP contribution < -0.4 is 11.5 Å². The molecule has 0 heterocycles. The molecule has 2 fully saturated rings. The first-order chi connectivity index (χ1) is 4.29. The SMILES string of the molecule is NC1C2CCC(C2)C1N.[Pt]. The normalized spacial score (nSPS) is 51.0. The first-order valence-corrected chi connectivity index (χ1v) is 3.80. The minimum Gasteiger partial charge on any atom is -0.326 e. The molecular formula is C7H14N2Pt. The van der Waals surface area contributed by atoms with E-state index in [1.54, 1.807) is 0 Å². The van der Waals surface area contributed by atoms with Crippen LogP contribution in [-0.2, 0) is 21.1 Å². The molecule has 2 rings (SSSR count). The summed E-state index contributed by atoms with van der Waals surface area (Å²) in [7, 11) is 0. The maximum absolute atomic E-state index is 5.84. The Balaban J connectivity index is 0.000000500. The number of fused-ring (bicyclic) bond motifs is 2. The van der Waals surface area contributed by atoms with Gasteiger partial charge in [0.15, 0.2) is 0 Å². The fourth-order valence-electron chi connectivity index (χ4n) is 2.38. The fraction of sp³-hybridized carbons (Fsp3) is 1.00. The van der Waals surface area contributed by atoms with E-state index < -0.39 is 0 Å². The monoisotopic (exact) mass is 321 g/mol. The van der Waals surface area contributed by atoms with Crippen LogP contribution >= 0.6 is 0 Å². The third kappa shape index (κ3) is 1.07. The van der Waals surface area contributed by atoms with Gasteiger partial charge in [0, 0.05) is 33.1 Å². The molecule has 0 aromatic heterocycles. The minimum absolute atomic E-state index is 0. The Morgan fingerprint density at radius 1 is 0.900 bits per heavy atom. The van der Waals surface area contributed by atoms with E-state index in [1.165, 1.54) is 19.3 Å². The van der Waals surface area contributed by atoms with Crippen molar-refractivity contribution in [3.8, 4) is 0 Å². The summed E-state index contributed by atoms with van der Waals surface area (Å²) >= 11 is 0. The van der Waals surface area contributed by atoms with Gasteiger partial charge in [0.2, 0.25) is 0 Å². The van der Waals surface area contributed by atoms with E-state index in [4.69, 9.17) is 11.5 Å². The molecule has 0 radical (unpaired) electrons. The Labute approximate surface area is 76.0 Å². The minimum atomic E-state index is 0. The van der Waals surface area contributed by atoms with Crippen LogP contribution in [0.4, 0.5) is 0 Å². The molecule has 10 heavy (non-hydrogen) atoms. The summed E-state index contributed by atoms with van der Waals surface area (Å²) in [6.45, 7) is 0. The van der Waals surface area contributed by atoms with E-state index in [0.717, 1.165) is 11.8 Å². The topological polar surface area (TPSA) is 52.0 Å². The number of rotatable bonds is 0. The second kappa shape index (κ2) is 2.92. The zero-order chi connectivity index (χ0) is 6.43. The Bertz CT molecular complexity index is 111. The van der Waals surface area contributed by atoms with Gasteiger partial charge in [0.25, 0.3) is 0 Å². The second-order valence-electron chi connectivity index (χ2n) is 3.49. The van der Waals surface area contributed by atoms with E-state index in [2.05, 4.69) is 0 Å².